The normalized spacial score (nSPS) is 13.0. The SMILES string of the molecule is Cc1c(C(=O)Nc2nnnn2C)ccc(C(F)(F)F)c1S(C)=O. The van der Waals surface area contributed by atoms with Gasteiger partial charge < -0.3 is 0 Å². The van der Waals surface area contributed by atoms with Gasteiger partial charge in [0.05, 0.1) is 21.3 Å². The second-order valence-electron chi connectivity index (χ2n) is 4.65. The molecular weight excluding hydrogens is 335 g/mol. The number of anilines is 1. The Hall–Kier alpha value is -2.30. The molecule has 2 rings (SSSR count). The van der Waals surface area contributed by atoms with Gasteiger partial charge in [0.25, 0.3) is 5.91 Å². The molecule has 0 aliphatic heterocycles. The highest BCUT2D eigenvalue weighted by molar-refractivity contribution is 7.84. The maximum atomic E-state index is 13.0. The number of benzene rings is 1. The minimum Gasteiger partial charge on any atom is -0.289 e. The van der Waals surface area contributed by atoms with E-state index in [0.717, 1.165) is 18.4 Å². The maximum absolute atomic E-state index is 13.0. The molecule has 1 N–H and O–H groups in total. The van der Waals surface area contributed by atoms with Gasteiger partial charge in [-0.15, -0.1) is 0 Å². The highest BCUT2D eigenvalue weighted by atomic mass is 32.2. The predicted octanol–water partition coefficient (Wildman–Crippen LogP) is 1.53. The lowest BCUT2D eigenvalue weighted by Crippen LogP contribution is -2.19. The number of carbonyl (C=O) groups is 1. The van der Waals surface area contributed by atoms with Gasteiger partial charge in [0.1, 0.15) is 0 Å². The monoisotopic (exact) mass is 347 g/mol. The average Bonchev–Trinajstić information content (AvgIpc) is 2.82. The lowest BCUT2D eigenvalue weighted by molar-refractivity contribution is -0.139. The van der Waals surface area contributed by atoms with E-state index in [4.69, 9.17) is 0 Å². The topological polar surface area (TPSA) is 89.8 Å². The van der Waals surface area contributed by atoms with E-state index in [1.807, 2.05) is 0 Å². The van der Waals surface area contributed by atoms with Crippen LogP contribution in [0, 0.1) is 6.92 Å². The van der Waals surface area contributed by atoms with Gasteiger partial charge in [-0.2, -0.15) is 13.2 Å². The Morgan fingerprint density at radius 3 is 2.48 bits per heavy atom. The summed E-state index contributed by atoms with van der Waals surface area (Å²) in [7, 11) is -0.426. The van der Waals surface area contributed by atoms with Crippen LogP contribution in [0.15, 0.2) is 17.0 Å². The van der Waals surface area contributed by atoms with Gasteiger partial charge in [0, 0.05) is 18.9 Å². The van der Waals surface area contributed by atoms with E-state index in [2.05, 4.69) is 20.8 Å². The third-order valence-corrected chi connectivity index (χ3v) is 4.19. The molecule has 1 aromatic heterocycles. The van der Waals surface area contributed by atoms with Gasteiger partial charge >= 0.3 is 6.18 Å². The van der Waals surface area contributed by atoms with Crippen LogP contribution in [0.5, 0.6) is 0 Å². The van der Waals surface area contributed by atoms with E-state index >= 15 is 0 Å². The third-order valence-electron chi connectivity index (χ3n) is 3.09. The number of aryl methyl sites for hydroxylation is 1. The Labute approximate surface area is 131 Å². The number of rotatable bonds is 3. The Morgan fingerprint density at radius 2 is 2.00 bits per heavy atom. The van der Waals surface area contributed by atoms with Gasteiger partial charge in [0.2, 0.25) is 5.95 Å². The molecule has 23 heavy (non-hydrogen) atoms. The van der Waals surface area contributed by atoms with Crippen LogP contribution in [0.3, 0.4) is 0 Å². The lowest BCUT2D eigenvalue weighted by atomic mass is 10.0. The molecule has 0 fully saturated rings. The number of alkyl halides is 3. The molecule has 0 saturated carbocycles. The van der Waals surface area contributed by atoms with Gasteiger partial charge in [-0.1, -0.05) is 5.10 Å². The Balaban J connectivity index is 2.48. The minimum atomic E-state index is -4.66. The zero-order chi connectivity index (χ0) is 17.4. The number of amides is 1. The molecule has 1 atom stereocenters. The number of tetrazole rings is 1. The maximum Gasteiger partial charge on any atom is 0.417 e. The molecule has 0 aliphatic carbocycles. The second-order valence-corrected chi connectivity index (χ2v) is 5.96. The van der Waals surface area contributed by atoms with Gasteiger partial charge in [-0.05, 0) is 35.0 Å². The average molecular weight is 347 g/mol. The fourth-order valence-electron chi connectivity index (χ4n) is 2.04. The van der Waals surface area contributed by atoms with Gasteiger partial charge in [-0.3, -0.25) is 14.3 Å². The molecule has 0 aliphatic rings. The number of hydrogen-bond acceptors (Lipinski definition) is 5. The summed E-state index contributed by atoms with van der Waals surface area (Å²) in [5, 5.41) is 12.8. The van der Waals surface area contributed by atoms with Crippen molar-refractivity contribution in [3.8, 4) is 0 Å². The largest absolute Gasteiger partial charge is 0.417 e. The van der Waals surface area contributed by atoms with Crippen molar-refractivity contribution in [2.45, 2.75) is 18.0 Å². The summed E-state index contributed by atoms with van der Waals surface area (Å²) in [6.45, 7) is 1.32. The molecule has 0 bridgehead atoms. The number of nitrogens with zero attached hydrogens (tertiary/aromatic N) is 4. The van der Waals surface area contributed by atoms with Crippen LogP contribution >= 0.6 is 0 Å². The Morgan fingerprint density at radius 1 is 1.35 bits per heavy atom. The highest BCUT2D eigenvalue weighted by Gasteiger charge is 2.36. The van der Waals surface area contributed by atoms with E-state index in [-0.39, 0.29) is 17.1 Å². The summed E-state index contributed by atoms with van der Waals surface area (Å²) < 4.78 is 52.0. The van der Waals surface area contributed by atoms with Crippen LogP contribution in [-0.4, -0.2) is 36.6 Å². The molecule has 1 aromatic carbocycles. The molecule has 0 saturated heterocycles. The van der Waals surface area contributed by atoms with Gasteiger partial charge in [-0.25, -0.2) is 4.68 Å². The van der Waals surface area contributed by atoms with E-state index < -0.39 is 33.3 Å². The predicted molar refractivity (Wildman–Crippen MR) is 75.3 cm³/mol. The quantitative estimate of drug-likeness (QED) is 0.909. The zero-order valence-corrected chi connectivity index (χ0v) is 13.1. The van der Waals surface area contributed by atoms with E-state index in [1.54, 1.807) is 0 Å². The fourth-order valence-corrected chi connectivity index (χ4v) is 3.07. The number of carbonyl (C=O) groups excluding carboxylic acids is 1. The van der Waals surface area contributed by atoms with Crippen molar-refractivity contribution in [1.82, 2.24) is 20.2 Å². The first-order chi connectivity index (χ1) is 10.6. The van der Waals surface area contributed by atoms with E-state index in [1.165, 1.54) is 18.7 Å². The van der Waals surface area contributed by atoms with Crippen molar-refractivity contribution >= 4 is 22.7 Å². The summed E-state index contributed by atoms with van der Waals surface area (Å²) in [4.78, 5) is 11.8. The second kappa shape index (κ2) is 6.07. The molecule has 1 heterocycles. The smallest absolute Gasteiger partial charge is 0.289 e. The minimum absolute atomic E-state index is 0.00622. The van der Waals surface area contributed by atoms with Crippen molar-refractivity contribution in [3.63, 3.8) is 0 Å². The standard InChI is InChI=1S/C12H12F3N5O2S/c1-6-7(10(21)16-11-17-18-19-20(11)2)4-5-8(12(13,14)15)9(6)23(3)22/h4-5H,1-3H3,(H,16,17,19,21). The van der Waals surface area contributed by atoms with Crippen molar-refractivity contribution in [2.75, 3.05) is 11.6 Å². The van der Waals surface area contributed by atoms with Crippen LogP contribution in [-0.2, 0) is 24.0 Å². The van der Waals surface area contributed by atoms with Crippen molar-refractivity contribution in [1.29, 1.82) is 0 Å². The number of nitrogens with one attached hydrogen (secondary N) is 1. The number of halogens is 3. The Kier molecular flexibility index (Phi) is 4.50. The molecule has 7 nitrogen and oxygen atoms in total. The summed E-state index contributed by atoms with van der Waals surface area (Å²) in [6, 6.07) is 1.78. The summed E-state index contributed by atoms with van der Waals surface area (Å²) in [5.41, 5.74) is -1.06. The van der Waals surface area contributed by atoms with E-state index in [0.29, 0.717) is 0 Å². The van der Waals surface area contributed by atoms with Crippen LogP contribution in [0.1, 0.15) is 21.5 Å². The van der Waals surface area contributed by atoms with Crippen LogP contribution in [0.4, 0.5) is 19.1 Å². The summed E-state index contributed by atoms with van der Waals surface area (Å²) in [6.07, 6.45) is -3.53. The van der Waals surface area contributed by atoms with Crippen LogP contribution in [0.25, 0.3) is 0 Å². The molecule has 0 radical (unpaired) electrons. The molecule has 11 heteroatoms. The first-order valence-electron chi connectivity index (χ1n) is 6.21. The Bertz CT molecular complexity index is 787. The molecule has 1 unspecified atom stereocenters. The summed E-state index contributed by atoms with van der Waals surface area (Å²) >= 11 is 0. The zero-order valence-electron chi connectivity index (χ0n) is 12.3. The molecule has 124 valence electrons. The molecular formula is C12H12F3N5O2S. The lowest BCUT2D eigenvalue weighted by Gasteiger charge is -2.16. The highest BCUT2D eigenvalue weighted by Crippen LogP contribution is 2.36. The molecule has 2 aromatic rings. The van der Waals surface area contributed by atoms with Crippen LogP contribution < -0.4 is 5.32 Å². The van der Waals surface area contributed by atoms with Crippen LogP contribution in [0.2, 0.25) is 0 Å². The fraction of sp³-hybridized carbons (Fsp3) is 0.333. The first-order valence-corrected chi connectivity index (χ1v) is 7.76. The molecule has 0 spiro atoms. The van der Waals surface area contributed by atoms with Crippen molar-refractivity contribution in [2.24, 2.45) is 7.05 Å². The van der Waals surface area contributed by atoms with E-state index in [9.17, 15) is 22.2 Å². The number of aromatic nitrogens is 4. The third kappa shape index (κ3) is 3.38. The summed E-state index contributed by atoms with van der Waals surface area (Å²) in [5.74, 6) is -0.658. The van der Waals surface area contributed by atoms with Crippen molar-refractivity contribution in [3.05, 3.63) is 28.8 Å². The number of hydrogen-bond donors (Lipinski definition) is 1. The van der Waals surface area contributed by atoms with Crippen molar-refractivity contribution < 1.29 is 22.2 Å². The van der Waals surface area contributed by atoms with Gasteiger partial charge in [0.15, 0.2) is 0 Å². The first kappa shape index (κ1) is 17.1. The molecule has 1 amide bonds.